The Hall–Kier alpha value is -1.41. The summed E-state index contributed by atoms with van der Waals surface area (Å²) in [7, 11) is 1.83. The van der Waals surface area contributed by atoms with E-state index in [9.17, 15) is 5.26 Å². The van der Waals surface area contributed by atoms with Crippen molar-refractivity contribution in [1.82, 2.24) is 5.32 Å². The molecule has 0 spiro atoms. The van der Waals surface area contributed by atoms with Crippen molar-refractivity contribution < 1.29 is 9.47 Å². The van der Waals surface area contributed by atoms with Gasteiger partial charge >= 0.3 is 0 Å². The molecule has 114 valence electrons. The zero-order chi connectivity index (χ0) is 15.0. The van der Waals surface area contributed by atoms with Gasteiger partial charge in [0.15, 0.2) is 0 Å². The Morgan fingerprint density at radius 2 is 2.05 bits per heavy atom. The van der Waals surface area contributed by atoms with Crippen LogP contribution in [0.2, 0.25) is 0 Å². The fourth-order valence-corrected chi connectivity index (χ4v) is 2.70. The molecular formula is C17H24N2O2. The normalized spacial score (nSPS) is 18.9. The van der Waals surface area contributed by atoms with Gasteiger partial charge < -0.3 is 9.47 Å². The fraction of sp³-hybridized carbons (Fsp3) is 0.588. The Balaban J connectivity index is 1.84. The van der Waals surface area contributed by atoms with Gasteiger partial charge in [-0.15, -0.1) is 0 Å². The molecule has 1 aliphatic heterocycles. The zero-order valence-electron chi connectivity index (χ0n) is 12.7. The Morgan fingerprint density at radius 1 is 1.33 bits per heavy atom. The van der Waals surface area contributed by atoms with Crippen molar-refractivity contribution in [2.24, 2.45) is 5.92 Å². The van der Waals surface area contributed by atoms with Crippen molar-refractivity contribution in [2.75, 3.05) is 33.5 Å². The Kier molecular flexibility index (Phi) is 6.19. The summed E-state index contributed by atoms with van der Waals surface area (Å²) in [6, 6.07) is 12.3. The summed E-state index contributed by atoms with van der Waals surface area (Å²) in [5.74, 6) is 0.599. The molecule has 1 N–H and O–H groups in total. The van der Waals surface area contributed by atoms with Crippen molar-refractivity contribution in [3.05, 3.63) is 35.9 Å². The lowest BCUT2D eigenvalue weighted by molar-refractivity contribution is 0.0171. The molecule has 0 radical (unpaired) electrons. The molecule has 0 aliphatic carbocycles. The maximum absolute atomic E-state index is 9.59. The van der Waals surface area contributed by atoms with Crippen LogP contribution < -0.4 is 5.32 Å². The minimum atomic E-state index is -0.670. The van der Waals surface area contributed by atoms with Gasteiger partial charge in [0, 0.05) is 32.8 Å². The highest BCUT2D eigenvalue weighted by Crippen LogP contribution is 2.24. The Labute approximate surface area is 127 Å². The van der Waals surface area contributed by atoms with Crippen LogP contribution in [0.1, 0.15) is 24.8 Å². The van der Waals surface area contributed by atoms with E-state index in [0.29, 0.717) is 18.9 Å². The number of nitriles is 1. The molecule has 1 atom stereocenters. The van der Waals surface area contributed by atoms with Crippen molar-refractivity contribution in [1.29, 1.82) is 5.26 Å². The van der Waals surface area contributed by atoms with Crippen LogP contribution in [0.15, 0.2) is 30.3 Å². The van der Waals surface area contributed by atoms with Crippen LogP contribution in [0.4, 0.5) is 0 Å². The molecule has 1 saturated heterocycles. The molecule has 4 heteroatoms. The molecule has 4 nitrogen and oxygen atoms in total. The summed E-state index contributed by atoms with van der Waals surface area (Å²) in [6.07, 6.45) is 2.80. The fourth-order valence-electron chi connectivity index (χ4n) is 2.70. The summed E-state index contributed by atoms with van der Waals surface area (Å²) >= 11 is 0. The summed E-state index contributed by atoms with van der Waals surface area (Å²) < 4.78 is 11.2. The summed E-state index contributed by atoms with van der Waals surface area (Å²) in [5, 5.41) is 12.8. The average molecular weight is 288 g/mol. The first kappa shape index (κ1) is 16.0. The SMILES string of the molecule is CNC(C#N)(CCOCC1CCOCC1)c1ccccc1. The van der Waals surface area contributed by atoms with E-state index in [-0.39, 0.29) is 0 Å². The standard InChI is InChI=1S/C17H24N2O2/c1-19-17(14-18,16-5-3-2-4-6-16)9-12-21-13-15-7-10-20-11-8-15/h2-6,15,19H,7-13H2,1H3. The molecule has 0 aromatic heterocycles. The third kappa shape index (κ3) is 4.28. The lowest BCUT2D eigenvalue weighted by atomic mass is 9.88. The molecule has 1 heterocycles. The van der Waals surface area contributed by atoms with Gasteiger partial charge in [0.1, 0.15) is 5.54 Å². The highest BCUT2D eigenvalue weighted by Gasteiger charge is 2.30. The number of rotatable bonds is 7. The largest absolute Gasteiger partial charge is 0.381 e. The third-order valence-corrected chi connectivity index (χ3v) is 4.20. The topological polar surface area (TPSA) is 54.3 Å². The van der Waals surface area contributed by atoms with E-state index in [1.54, 1.807) is 0 Å². The minimum absolute atomic E-state index is 0.584. The van der Waals surface area contributed by atoms with Crippen LogP contribution in [0.3, 0.4) is 0 Å². The lowest BCUT2D eigenvalue weighted by Gasteiger charge is -2.27. The van der Waals surface area contributed by atoms with Gasteiger partial charge in [-0.2, -0.15) is 5.26 Å². The van der Waals surface area contributed by atoms with E-state index < -0.39 is 5.54 Å². The molecular weight excluding hydrogens is 264 g/mol. The van der Waals surface area contributed by atoms with Crippen LogP contribution in [0.25, 0.3) is 0 Å². The van der Waals surface area contributed by atoms with Gasteiger partial charge in [0.05, 0.1) is 6.07 Å². The number of benzene rings is 1. The van der Waals surface area contributed by atoms with Gasteiger partial charge in [-0.05, 0) is 31.4 Å². The van der Waals surface area contributed by atoms with Crippen LogP contribution in [-0.4, -0.2) is 33.5 Å². The van der Waals surface area contributed by atoms with Gasteiger partial charge in [0.25, 0.3) is 0 Å². The van der Waals surface area contributed by atoms with E-state index >= 15 is 0 Å². The quantitative estimate of drug-likeness (QED) is 0.783. The van der Waals surface area contributed by atoms with Crippen molar-refractivity contribution >= 4 is 0 Å². The first-order valence-corrected chi connectivity index (χ1v) is 7.62. The van der Waals surface area contributed by atoms with E-state index in [4.69, 9.17) is 9.47 Å². The summed E-state index contributed by atoms with van der Waals surface area (Å²) in [5.41, 5.74) is 0.321. The minimum Gasteiger partial charge on any atom is -0.381 e. The smallest absolute Gasteiger partial charge is 0.134 e. The van der Waals surface area contributed by atoms with Gasteiger partial charge in [-0.3, -0.25) is 5.32 Å². The number of ether oxygens (including phenoxy) is 2. The summed E-state index contributed by atoms with van der Waals surface area (Å²) in [4.78, 5) is 0. The van der Waals surface area contributed by atoms with E-state index in [0.717, 1.165) is 38.2 Å². The first-order valence-electron chi connectivity index (χ1n) is 7.62. The average Bonchev–Trinajstić information content (AvgIpc) is 2.57. The van der Waals surface area contributed by atoms with E-state index in [2.05, 4.69) is 11.4 Å². The molecule has 1 fully saturated rings. The summed E-state index contributed by atoms with van der Waals surface area (Å²) in [6.45, 7) is 3.04. The van der Waals surface area contributed by atoms with Gasteiger partial charge in [0.2, 0.25) is 0 Å². The molecule has 1 unspecified atom stereocenters. The monoisotopic (exact) mass is 288 g/mol. The second-order valence-electron chi connectivity index (χ2n) is 5.51. The second-order valence-corrected chi connectivity index (χ2v) is 5.51. The van der Waals surface area contributed by atoms with Crippen LogP contribution in [0, 0.1) is 17.2 Å². The molecule has 1 aliphatic rings. The first-order chi connectivity index (χ1) is 10.3. The van der Waals surface area contributed by atoms with E-state index in [1.165, 1.54) is 0 Å². The number of nitrogens with zero attached hydrogens (tertiary/aromatic N) is 1. The highest BCUT2D eigenvalue weighted by molar-refractivity contribution is 5.31. The van der Waals surface area contributed by atoms with Crippen LogP contribution in [-0.2, 0) is 15.0 Å². The van der Waals surface area contributed by atoms with Crippen molar-refractivity contribution in [3.63, 3.8) is 0 Å². The molecule has 0 saturated carbocycles. The van der Waals surface area contributed by atoms with Crippen LogP contribution in [0.5, 0.6) is 0 Å². The molecule has 0 amide bonds. The second kappa shape index (κ2) is 8.14. The van der Waals surface area contributed by atoms with Crippen molar-refractivity contribution in [2.45, 2.75) is 24.8 Å². The van der Waals surface area contributed by atoms with E-state index in [1.807, 2.05) is 37.4 Å². The van der Waals surface area contributed by atoms with Gasteiger partial charge in [-0.1, -0.05) is 30.3 Å². The molecule has 2 rings (SSSR count). The number of hydrogen-bond donors (Lipinski definition) is 1. The Morgan fingerprint density at radius 3 is 2.67 bits per heavy atom. The lowest BCUT2D eigenvalue weighted by Crippen LogP contribution is -2.39. The maximum Gasteiger partial charge on any atom is 0.134 e. The Bertz CT molecular complexity index is 452. The number of nitrogens with one attached hydrogen (secondary N) is 1. The molecule has 1 aromatic rings. The highest BCUT2D eigenvalue weighted by atomic mass is 16.5. The zero-order valence-corrected chi connectivity index (χ0v) is 12.7. The maximum atomic E-state index is 9.59. The number of hydrogen-bond acceptors (Lipinski definition) is 4. The third-order valence-electron chi connectivity index (χ3n) is 4.20. The van der Waals surface area contributed by atoms with Gasteiger partial charge in [-0.25, -0.2) is 0 Å². The van der Waals surface area contributed by atoms with Crippen molar-refractivity contribution in [3.8, 4) is 6.07 Å². The molecule has 1 aromatic carbocycles. The predicted molar refractivity (Wildman–Crippen MR) is 81.8 cm³/mol. The predicted octanol–water partition coefficient (Wildman–Crippen LogP) is 2.46. The molecule has 0 bridgehead atoms. The van der Waals surface area contributed by atoms with Crippen LogP contribution >= 0.6 is 0 Å². The molecule has 21 heavy (non-hydrogen) atoms.